The van der Waals surface area contributed by atoms with Gasteiger partial charge in [-0.3, -0.25) is 0 Å². The quantitative estimate of drug-likeness (QED) is 0.155. The van der Waals surface area contributed by atoms with Crippen LogP contribution in [0.25, 0.3) is 87.0 Å². The Morgan fingerprint density at radius 1 is 0.364 bits per heavy atom. The van der Waals surface area contributed by atoms with Crippen LogP contribution in [0.15, 0.2) is 221 Å². The largest absolute Gasteiger partial charge is 0.456 e. The third-order valence-corrected chi connectivity index (χ3v) is 18.4. The first kappa shape index (κ1) is 46.0. The Morgan fingerprint density at radius 2 is 0.792 bits per heavy atom. The molecule has 77 heavy (non-hydrogen) atoms. The summed E-state index contributed by atoms with van der Waals surface area (Å²) in [6.45, 7) is 13.9. The first-order valence-electron chi connectivity index (χ1n) is 26.7. The number of benzene rings is 9. The predicted molar refractivity (Wildman–Crippen MR) is 330 cm³/mol. The van der Waals surface area contributed by atoms with E-state index in [1.807, 2.05) is 34.8 Å². The zero-order valence-electron chi connectivity index (χ0n) is 43.8. The highest BCUT2D eigenvalue weighted by atomic mass is 32.1. The molecule has 0 bridgehead atoms. The molecule has 13 aromatic rings. The Hall–Kier alpha value is -8.36. The molecule has 0 saturated carbocycles. The summed E-state index contributed by atoms with van der Waals surface area (Å²) in [5.41, 5.74) is 19.5. The Balaban J connectivity index is 1.07. The Morgan fingerprint density at radius 3 is 1.22 bits per heavy atom. The van der Waals surface area contributed by atoms with Crippen molar-refractivity contribution in [1.82, 2.24) is 0 Å². The molecule has 2 aliphatic heterocycles. The minimum absolute atomic E-state index is 0.0638. The van der Waals surface area contributed by atoms with Gasteiger partial charge in [-0.05, 0) is 121 Å². The number of fused-ring (bicyclic) bond motifs is 10. The second-order valence-electron chi connectivity index (χ2n) is 22.9. The van der Waals surface area contributed by atoms with Crippen molar-refractivity contribution >= 4 is 121 Å². The van der Waals surface area contributed by atoms with Crippen LogP contribution in [0.5, 0.6) is 0 Å². The molecule has 370 valence electrons. The van der Waals surface area contributed by atoms with E-state index in [0.717, 1.165) is 78.2 Å². The topological polar surface area (TPSA) is 32.8 Å². The highest BCUT2D eigenvalue weighted by Gasteiger charge is 2.48. The number of furan rings is 2. The van der Waals surface area contributed by atoms with Gasteiger partial charge in [0.05, 0.1) is 21.4 Å². The maximum absolute atomic E-state index is 6.68. The highest BCUT2D eigenvalue weighted by Crippen LogP contribution is 2.54. The molecule has 0 atom stereocenters. The van der Waals surface area contributed by atoms with Crippen LogP contribution in [0.4, 0.5) is 32.8 Å². The van der Waals surface area contributed by atoms with Crippen molar-refractivity contribution in [3.63, 3.8) is 0 Å². The predicted octanol–water partition coefficient (Wildman–Crippen LogP) is 19.0. The Kier molecular flexibility index (Phi) is 10.2. The number of para-hydroxylation sites is 2. The molecule has 0 radical (unpaired) electrons. The van der Waals surface area contributed by atoms with Gasteiger partial charge >= 0.3 is 0 Å². The molecule has 0 aliphatic carbocycles. The smallest absolute Gasteiger partial charge is 0.256 e. The lowest BCUT2D eigenvalue weighted by Gasteiger charge is -2.42. The maximum Gasteiger partial charge on any atom is 0.256 e. The molecular formula is C70H53BN2O2S2. The summed E-state index contributed by atoms with van der Waals surface area (Å²) in [4.78, 5) is 5.23. The molecule has 0 fully saturated rings. The molecule has 0 unspecified atom stereocenters. The molecule has 9 aromatic carbocycles. The third-order valence-electron chi connectivity index (χ3n) is 16.0. The van der Waals surface area contributed by atoms with Gasteiger partial charge in [-0.2, -0.15) is 0 Å². The van der Waals surface area contributed by atoms with Gasteiger partial charge in [0, 0.05) is 53.8 Å². The van der Waals surface area contributed by atoms with Gasteiger partial charge in [-0.1, -0.05) is 193 Å². The van der Waals surface area contributed by atoms with Crippen molar-refractivity contribution in [2.24, 2.45) is 0 Å². The van der Waals surface area contributed by atoms with E-state index in [-0.39, 0.29) is 17.5 Å². The van der Waals surface area contributed by atoms with E-state index >= 15 is 0 Å². The Bertz CT molecular complexity index is 4160. The van der Waals surface area contributed by atoms with Crippen molar-refractivity contribution in [3.8, 4) is 44.9 Å². The number of hydrogen-bond acceptors (Lipinski definition) is 6. The van der Waals surface area contributed by atoms with Crippen molar-refractivity contribution in [2.45, 2.75) is 52.4 Å². The molecule has 0 amide bonds. The van der Waals surface area contributed by atoms with Gasteiger partial charge in [0.1, 0.15) is 22.7 Å². The van der Waals surface area contributed by atoms with E-state index in [0.29, 0.717) is 0 Å². The minimum Gasteiger partial charge on any atom is -0.456 e. The SMILES string of the molecule is CC(C)(C)c1ccc2sc3c(c2c1)B1c2c(cccc2N(c2cc(-c4cc5ccccc5o4)ccc2-c2ccccc2)c2sc4ccc(C(C)(C)C)cc4c21)N3c1cc(-c2cc3ccccc3o2)ccc1-c1ccccc1. The summed E-state index contributed by atoms with van der Waals surface area (Å²) in [7, 11) is 0. The average molecular weight is 1030 g/mol. The van der Waals surface area contributed by atoms with E-state index in [2.05, 4.69) is 252 Å². The lowest BCUT2D eigenvalue weighted by atomic mass is 9.33. The fourth-order valence-electron chi connectivity index (χ4n) is 12.1. The van der Waals surface area contributed by atoms with E-state index in [1.165, 1.54) is 69.1 Å². The standard InChI is InChI=1S/C70H53BN2O2S2/c1-69(2,3)48-30-34-62-52(40-48)64-67(76-62)72(56-36-46(28-32-50(56)42-18-9-7-10-19-42)60-38-44-22-13-15-26-58(44)74-60)54-24-17-25-55-66(54)71(64)65-53-41-49(70(4,5)6)31-35-63(53)77-68(65)73(55)57-37-47(29-33-51(57)43-20-11-8-12-21-43)61-39-45-23-14-16-27-59(45)75-61/h7-41H,1-6H3. The van der Waals surface area contributed by atoms with Crippen molar-refractivity contribution < 1.29 is 8.83 Å². The molecule has 0 N–H and O–H groups in total. The number of hydrogen-bond donors (Lipinski definition) is 0. The molecular weight excluding hydrogens is 976 g/mol. The van der Waals surface area contributed by atoms with Gasteiger partial charge in [-0.15, -0.1) is 22.7 Å². The zero-order chi connectivity index (χ0) is 51.9. The van der Waals surface area contributed by atoms with Crippen molar-refractivity contribution in [2.75, 3.05) is 9.80 Å². The number of rotatable bonds is 6. The highest BCUT2D eigenvalue weighted by molar-refractivity contribution is 7.29. The van der Waals surface area contributed by atoms with E-state index in [4.69, 9.17) is 8.83 Å². The minimum atomic E-state index is -0.0934. The summed E-state index contributed by atoms with van der Waals surface area (Å²) in [6, 6.07) is 78.2. The number of nitrogens with zero attached hydrogens (tertiary/aromatic N) is 2. The van der Waals surface area contributed by atoms with Gasteiger partial charge in [0.25, 0.3) is 6.71 Å². The lowest BCUT2D eigenvalue weighted by molar-refractivity contribution is 0.591. The molecule has 0 spiro atoms. The zero-order valence-corrected chi connectivity index (χ0v) is 45.4. The molecule has 15 rings (SSSR count). The van der Waals surface area contributed by atoms with Gasteiger partial charge in [0.15, 0.2) is 0 Å². The molecule has 6 heterocycles. The van der Waals surface area contributed by atoms with Crippen LogP contribution in [-0.2, 0) is 10.8 Å². The van der Waals surface area contributed by atoms with Gasteiger partial charge in [-0.25, -0.2) is 0 Å². The summed E-state index contributed by atoms with van der Waals surface area (Å²) in [5.74, 6) is 1.69. The van der Waals surface area contributed by atoms with E-state index in [9.17, 15) is 0 Å². The third kappa shape index (κ3) is 7.31. The second kappa shape index (κ2) is 17.1. The fourth-order valence-corrected chi connectivity index (χ4v) is 14.6. The molecule has 2 aliphatic rings. The summed E-state index contributed by atoms with van der Waals surface area (Å²) in [5, 5.41) is 7.27. The number of thiophene rings is 2. The van der Waals surface area contributed by atoms with E-state index in [1.54, 1.807) is 0 Å². The summed E-state index contributed by atoms with van der Waals surface area (Å²) < 4.78 is 15.9. The summed E-state index contributed by atoms with van der Waals surface area (Å²) in [6.07, 6.45) is 0. The van der Waals surface area contributed by atoms with Gasteiger partial charge < -0.3 is 18.6 Å². The van der Waals surface area contributed by atoms with Crippen LogP contribution < -0.4 is 26.2 Å². The first-order chi connectivity index (χ1) is 37.4. The lowest BCUT2D eigenvalue weighted by Crippen LogP contribution is -2.60. The first-order valence-corrected chi connectivity index (χ1v) is 28.3. The van der Waals surface area contributed by atoms with Crippen LogP contribution in [0.2, 0.25) is 0 Å². The normalized spacial score (nSPS) is 13.2. The fraction of sp³-hybridized carbons (Fsp3) is 0.114. The maximum atomic E-state index is 6.68. The second-order valence-corrected chi connectivity index (χ2v) is 24.9. The molecule has 4 aromatic heterocycles. The van der Waals surface area contributed by atoms with Crippen molar-refractivity contribution in [1.29, 1.82) is 0 Å². The van der Waals surface area contributed by atoms with Crippen LogP contribution >= 0.6 is 22.7 Å². The van der Waals surface area contributed by atoms with Crippen molar-refractivity contribution in [3.05, 3.63) is 223 Å². The van der Waals surface area contributed by atoms with Gasteiger partial charge in [0.2, 0.25) is 0 Å². The van der Waals surface area contributed by atoms with Crippen LogP contribution in [-0.4, -0.2) is 6.71 Å². The van der Waals surface area contributed by atoms with Crippen LogP contribution in [0, 0.1) is 0 Å². The molecule has 7 heteroatoms. The van der Waals surface area contributed by atoms with Crippen LogP contribution in [0.3, 0.4) is 0 Å². The summed E-state index contributed by atoms with van der Waals surface area (Å²) >= 11 is 3.83. The number of anilines is 6. The Labute approximate surface area is 457 Å². The van der Waals surface area contributed by atoms with Crippen LogP contribution in [0.1, 0.15) is 52.7 Å². The molecule has 4 nitrogen and oxygen atoms in total. The molecule has 0 saturated heterocycles. The van der Waals surface area contributed by atoms with E-state index < -0.39 is 0 Å². The average Bonchev–Trinajstić information content (AvgIpc) is 4.36. The monoisotopic (exact) mass is 1030 g/mol.